The summed E-state index contributed by atoms with van der Waals surface area (Å²) in [4.78, 5) is 2.23. The standard InChI is InChI=1S/C12H13F2NO2/c13-8-4-10(14)12-11(5-8)17-9(7-16-12)6-15-2-1-3-15/h4-5,9H,1-3,6-7H2. The number of likely N-dealkylation sites (tertiary alicyclic amines) is 1. The van der Waals surface area contributed by atoms with Crippen LogP contribution in [0, 0.1) is 11.6 Å². The van der Waals surface area contributed by atoms with Crippen LogP contribution in [0.25, 0.3) is 0 Å². The van der Waals surface area contributed by atoms with Crippen LogP contribution in [0.5, 0.6) is 11.5 Å². The van der Waals surface area contributed by atoms with Crippen LogP contribution in [-0.2, 0) is 0 Å². The minimum absolute atomic E-state index is 0.0197. The van der Waals surface area contributed by atoms with Crippen molar-refractivity contribution in [2.24, 2.45) is 0 Å². The Morgan fingerprint density at radius 1 is 1.29 bits per heavy atom. The molecule has 92 valence electrons. The summed E-state index contributed by atoms with van der Waals surface area (Å²) >= 11 is 0. The van der Waals surface area contributed by atoms with Gasteiger partial charge in [0.2, 0.25) is 0 Å². The van der Waals surface area contributed by atoms with Crippen LogP contribution < -0.4 is 9.47 Å². The lowest BCUT2D eigenvalue weighted by Crippen LogP contribution is -2.46. The molecule has 0 amide bonds. The second-order valence-electron chi connectivity index (χ2n) is 4.42. The SMILES string of the molecule is Fc1cc(F)c2c(c1)OC(CN1CCC1)CO2. The van der Waals surface area contributed by atoms with Gasteiger partial charge in [0, 0.05) is 18.7 Å². The van der Waals surface area contributed by atoms with Gasteiger partial charge in [-0.2, -0.15) is 0 Å². The van der Waals surface area contributed by atoms with E-state index in [0.717, 1.165) is 25.7 Å². The number of benzene rings is 1. The first-order chi connectivity index (χ1) is 8.22. The Labute approximate surface area is 97.9 Å². The average Bonchev–Trinajstić information content (AvgIpc) is 2.22. The summed E-state index contributed by atoms with van der Waals surface area (Å²) in [5.41, 5.74) is 0. The first-order valence-electron chi connectivity index (χ1n) is 5.73. The molecule has 1 aromatic rings. The molecule has 1 aromatic carbocycles. The Bertz CT molecular complexity index is 435. The molecule has 0 bridgehead atoms. The lowest BCUT2D eigenvalue weighted by Gasteiger charge is -2.35. The Balaban J connectivity index is 1.75. The van der Waals surface area contributed by atoms with Gasteiger partial charge in [-0.3, -0.25) is 4.90 Å². The van der Waals surface area contributed by atoms with Crippen LogP contribution in [0.15, 0.2) is 12.1 Å². The van der Waals surface area contributed by atoms with Crippen molar-refractivity contribution in [3.05, 3.63) is 23.8 Å². The van der Waals surface area contributed by atoms with E-state index >= 15 is 0 Å². The molecule has 1 saturated heterocycles. The number of nitrogens with zero attached hydrogens (tertiary/aromatic N) is 1. The van der Waals surface area contributed by atoms with Crippen molar-refractivity contribution < 1.29 is 18.3 Å². The van der Waals surface area contributed by atoms with E-state index in [-0.39, 0.29) is 17.6 Å². The van der Waals surface area contributed by atoms with Gasteiger partial charge in [-0.25, -0.2) is 8.78 Å². The van der Waals surface area contributed by atoms with Gasteiger partial charge in [0.25, 0.3) is 0 Å². The molecule has 0 saturated carbocycles. The predicted octanol–water partition coefficient (Wildman–Crippen LogP) is 1.81. The van der Waals surface area contributed by atoms with Gasteiger partial charge in [-0.1, -0.05) is 0 Å². The van der Waals surface area contributed by atoms with E-state index in [0.29, 0.717) is 6.61 Å². The van der Waals surface area contributed by atoms with Crippen molar-refractivity contribution in [1.29, 1.82) is 0 Å². The van der Waals surface area contributed by atoms with E-state index in [2.05, 4.69) is 4.90 Å². The van der Waals surface area contributed by atoms with Gasteiger partial charge in [-0.15, -0.1) is 0 Å². The van der Waals surface area contributed by atoms with Gasteiger partial charge < -0.3 is 9.47 Å². The minimum Gasteiger partial charge on any atom is -0.483 e. The molecule has 0 radical (unpaired) electrons. The Kier molecular flexibility index (Phi) is 2.63. The van der Waals surface area contributed by atoms with Gasteiger partial charge in [0.05, 0.1) is 0 Å². The third-order valence-electron chi connectivity index (χ3n) is 3.09. The highest BCUT2D eigenvalue weighted by molar-refractivity contribution is 5.42. The fourth-order valence-corrected chi connectivity index (χ4v) is 2.10. The van der Waals surface area contributed by atoms with E-state index in [1.807, 2.05) is 0 Å². The number of rotatable bonds is 2. The molecule has 2 aliphatic heterocycles. The van der Waals surface area contributed by atoms with E-state index in [4.69, 9.17) is 9.47 Å². The van der Waals surface area contributed by atoms with Crippen molar-refractivity contribution >= 4 is 0 Å². The third kappa shape index (κ3) is 2.07. The van der Waals surface area contributed by atoms with Crippen LogP contribution >= 0.6 is 0 Å². The van der Waals surface area contributed by atoms with Crippen LogP contribution in [-0.4, -0.2) is 37.2 Å². The van der Waals surface area contributed by atoms with Gasteiger partial charge >= 0.3 is 0 Å². The molecule has 1 fully saturated rings. The van der Waals surface area contributed by atoms with E-state index in [1.54, 1.807) is 0 Å². The molecule has 1 unspecified atom stereocenters. The number of hydrogen-bond donors (Lipinski definition) is 0. The summed E-state index contributed by atoms with van der Waals surface area (Å²) in [6, 6.07) is 1.97. The first-order valence-corrected chi connectivity index (χ1v) is 5.73. The van der Waals surface area contributed by atoms with Crippen LogP contribution in [0.4, 0.5) is 8.78 Å². The maximum absolute atomic E-state index is 13.3. The first kappa shape index (κ1) is 10.8. The molecule has 3 rings (SSSR count). The molecule has 0 spiro atoms. The molecule has 3 nitrogen and oxygen atoms in total. The summed E-state index contributed by atoms with van der Waals surface area (Å²) in [6.45, 7) is 3.18. The fraction of sp³-hybridized carbons (Fsp3) is 0.500. The molecule has 1 atom stereocenters. The molecule has 2 aliphatic rings. The molecular weight excluding hydrogens is 228 g/mol. The second kappa shape index (κ2) is 4.14. The highest BCUT2D eigenvalue weighted by atomic mass is 19.1. The van der Waals surface area contributed by atoms with Crippen molar-refractivity contribution in [2.45, 2.75) is 12.5 Å². The van der Waals surface area contributed by atoms with Crippen LogP contribution in [0.1, 0.15) is 6.42 Å². The Hall–Kier alpha value is -1.36. The lowest BCUT2D eigenvalue weighted by molar-refractivity contribution is 0.0376. The zero-order chi connectivity index (χ0) is 11.8. The molecule has 0 aromatic heterocycles. The summed E-state index contributed by atoms with van der Waals surface area (Å²) in [5, 5.41) is 0. The monoisotopic (exact) mass is 241 g/mol. The summed E-state index contributed by atoms with van der Waals surface area (Å²) in [6.07, 6.45) is 1.05. The molecule has 5 heteroatoms. The van der Waals surface area contributed by atoms with E-state index in [9.17, 15) is 8.78 Å². The summed E-state index contributed by atoms with van der Waals surface area (Å²) < 4.78 is 37.2. The van der Waals surface area contributed by atoms with Crippen LogP contribution in [0.3, 0.4) is 0 Å². The molecule has 2 heterocycles. The third-order valence-corrected chi connectivity index (χ3v) is 3.09. The largest absolute Gasteiger partial charge is 0.483 e. The van der Waals surface area contributed by atoms with Crippen molar-refractivity contribution in [1.82, 2.24) is 4.90 Å². The van der Waals surface area contributed by atoms with Gasteiger partial charge in [0.15, 0.2) is 17.3 Å². The molecular formula is C12H13F2NO2. The summed E-state index contributed by atoms with van der Waals surface area (Å²) in [7, 11) is 0. The minimum atomic E-state index is -0.706. The average molecular weight is 241 g/mol. The molecule has 17 heavy (non-hydrogen) atoms. The van der Waals surface area contributed by atoms with Crippen molar-refractivity contribution in [3.63, 3.8) is 0 Å². The molecule has 0 N–H and O–H groups in total. The molecule has 0 aliphatic carbocycles. The van der Waals surface area contributed by atoms with Crippen molar-refractivity contribution in [2.75, 3.05) is 26.2 Å². The smallest absolute Gasteiger partial charge is 0.197 e. The Morgan fingerprint density at radius 2 is 2.12 bits per heavy atom. The quantitative estimate of drug-likeness (QED) is 0.788. The van der Waals surface area contributed by atoms with Crippen molar-refractivity contribution in [3.8, 4) is 11.5 Å². The maximum Gasteiger partial charge on any atom is 0.197 e. The zero-order valence-corrected chi connectivity index (χ0v) is 9.29. The van der Waals surface area contributed by atoms with Gasteiger partial charge in [0.1, 0.15) is 18.5 Å². The lowest BCUT2D eigenvalue weighted by atomic mass is 10.2. The topological polar surface area (TPSA) is 21.7 Å². The highest BCUT2D eigenvalue weighted by Crippen LogP contribution is 2.35. The summed E-state index contributed by atoms with van der Waals surface area (Å²) in [5.74, 6) is -1.16. The van der Waals surface area contributed by atoms with E-state index in [1.165, 1.54) is 12.5 Å². The number of fused-ring (bicyclic) bond motifs is 1. The fourth-order valence-electron chi connectivity index (χ4n) is 2.10. The normalized spacial score (nSPS) is 23.3. The zero-order valence-electron chi connectivity index (χ0n) is 9.29. The van der Waals surface area contributed by atoms with Gasteiger partial charge in [-0.05, 0) is 19.5 Å². The second-order valence-corrected chi connectivity index (χ2v) is 4.42. The predicted molar refractivity (Wildman–Crippen MR) is 57.3 cm³/mol. The Morgan fingerprint density at radius 3 is 2.82 bits per heavy atom. The number of hydrogen-bond acceptors (Lipinski definition) is 3. The van der Waals surface area contributed by atoms with Crippen LogP contribution in [0.2, 0.25) is 0 Å². The number of ether oxygens (including phenoxy) is 2. The van der Waals surface area contributed by atoms with E-state index < -0.39 is 11.6 Å². The number of halogens is 2. The highest BCUT2D eigenvalue weighted by Gasteiger charge is 2.27. The maximum atomic E-state index is 13.3.